The Hall–Kier alpha value is -3.14. The quantitative estimate of drug-likeness (QED) is 0.607. The molecule has 8 nitrogen and oxygen atoms in total. The number of rotatable bonds is 3. The summed E-state index contributed by atoms with van der Waals surface area (Å²) >= 11 is 0. The smallest absolute Gasteiger partial charge is 0.329 e. The molecule has 0 aliphatic heterocycles. The average molecular weight is 350 g/mol. The summed E-state index contributed by atoms with van der Waals surface area (Å²) in [5, 5.41) is 10.1. The predicted molar refractivity (Wildman–Crippen MR) is 83.2 cm³/mol. The standard InChI is InChI=1S/C15H12F2N4O4/c1-21-12-11(14(24)20-15(21)25)18-9(13(23)19-12)5-10(22)7-3-2-6(16)4-8(7)17/h2-4,10,22H,5H2,1H3,(H,19,23)(H,20,24,25)/t10-/m0/s1. The molecule has 25 heavy (non-hydrogen) atoms. The van der Waals surface area contributed by atoms with Crippen molar-refractivity contribution in [3.63, 3.8) is 0 Å². The summed E-state index contributed by atoms with van der Waals surface area (Å²) < 4.78 is 27.7. The van der Waals surface area contributed by atoms with Crippen LogP contribution in [0.1, 0.15) is 17.4 Å². The lowest BCUT2D eigenvalue weighted by Crippen LogP contribution is -2.32. The highest BCUT2D eigenvalue weighted by Gasteiger charge is 2.18. The summed E-state index contributed by atoms with van der Waals surface area (Å²) in [5.74, 6) is -1.77. The number of H-pyrrole nitrogens is 2. The van der Waals surface area contributed by atoms with E-state index >= 15 is 0 Å². The molecule has 3 aromatic rings. The lowest BCUT2D eigenvalue weighted by Gasteiger charge is -2.12. The van der Waals surface area contributed by atoms with E-state index in [1.54, 1.807) is 0 Å². The van der Waals surface area contributed by atoms with Gasteiger partial charge < -0.3 is 10.1 Å². The Kier molecular flexibility index (Phi) is 4.05. The Bertz CT molecular complexity index is 1150. The molecule has 3 rings (SSSR count). The van der Waals surface area contributed by atoms with Gasteiger partial charge in [-0.25, -0.2) is 18.6 Å². The van der Waals surface area contributed by atoms with Gasteiger partial charge in [0, 0.05) is 25.1 Å². The van der Waals surface area contributed by atoms with Crippen LogP contribution in [-0.4, -0.2) is 24.6 Å². The van der Waals surface area contributed by atoms with E-state index in [1.807, 2.05) is 4.98 Å². The Labute approximate surface area is 137 Å². The van der Waals surface area contributed by atoms with Crippen LogP contribution in [0.3, 0.4) is 0 Å². The number of aliphatic hydroxyl groups is 1. The molecule has 2 aromatic heterocycles. The van der Waals surface area contributed by atoms with Crippen LogP contribution in [0, 0.1) is 11.6 Å². The maximum absolute atomic E-state index is 13.7. The molecule has 0 spiro atoms. The molecular formula is C15H12F2N4O4. The van der Waals surface area contributed by atoms with Crippen molar-refractivity contribution in [3.05, 3.63) is 72.3 Å². The van der Waals surface area contributed by atoms with Crippen molar-refractivity contribution >= 4 is 11.2 Å². The first-order valence-electron chi connectivity index (χ1n) is 7.13. The topological polar surface area (TPSA) is 121 Å². The van der Waals surface area contributed by atoms with Crippen molar-refractivity contribution < 1.29 is 13.9 Å². The third-order valence-corrected chi connectivity index (χ3v) is 3.75. The van der Waals surface area contributed by atoms with Crippen molar-refractivity contribution in [2.45, 2.75) is 12.5 Å². The lowest BCUT2D eigenvalue weighted by molar-refractivity contribution is 0.172. The monoisotopic (exact) mass is 350 g/mol. The number of nitrogens with zero attached hydrogens (tertiary/aromatic N) is 2. The van der Waals surface area contributed by atoms with Gasteiger partial charge in [-0.15, -0.1) is 0 Å². The minimum absolute atomic E-state index is 0.0787. The Morgan fingerprint density at radius 2 is 1.92 bits per heavy atom. The minimum Gasteiger partial charge on any atom is -0.388 e. The lowest BCUT2D eigenvalue weighted by atomic mass is 10.0. The van der Waals surface area contributed by atoms with Crippen LogP contribution in [0.4, 0.5) is 8.78 Å². The van der Waals surface area contributed by atoms with Crippen LogP contribution >= 0.6 is 0 Å². The fraction of sp³-hybridized carbons (Fsp3) is 0.200. The van der Waals surface area contributed by atoms with Gasteiger partial charge in [-0.05, 0) is 6.07 Å². The van der Waals surface area contributed by atoms with Crippen molar-refractivity contribution in [1.82, 2.24) is 19.5 Å². The Balaban J connectivity index is 2.07. The highest BCUT2D eigenvalue weighted by molar-refractivity contribution is 5.68. The first-order valence-corrected chi connectivity index (χ1v) is 7.13. The highest BCUT2D eigenvalue weighted by Crippen LogP contribution is 2.20. The van der Waals surface area contributed by atoms with E-state index < -0.39 is 41.0 Å². The van der Waals surface area contributed by atoms with Crippen LogP contribution in [0.5, 0.6) is 0 Å². The van der Waals surface area contributed by atoms with Gasteiger partial charge in [0.25, 0.3) is 11.1 Å². The summed E-state index contributed by atoms with van der Waals surface area (Å²) in [6, 6.07) is 2.64. The molecule has 0 fully saturated rings. The molecule has 0 saturated heterocycles. The Morgan fingerprint density at radius 3 is 2.60 bits per heavy atom. The number of aryl methyl sites for hydroxylation is 1. The molecule has 0 unspecified atom stereocenters. The van der Waals surface area contributed by atoms with Gasteiger partial charge >= 0.3 is 5.69 Å². The zero-order valence-electron chi connectivity index (χ0n) is 12.8. The number of aliphatic hydroxyl groups excluding tert-OH is 1. The molecule has 0 amide bonds. The first kappa shape index (κ1) is 16.7. The molecule has 0 radical (unpaired) electrons. The van der Waals surface area contributed by atoms with Crippen LogP contribution < -0.4 is 16.8 Å². The summed E-state index contributed by atoms with van der Waals surface area (Å²) in [5.41, 5.74) is -3.00. The SMILES string of the molecule is Cn1c(=O)[nH]c(=O)c2nc(C[C@H](O)c3ccc(F)cc3F)c(=O)[nH]c21. The van der Waals surface area contributed by atoms with E-state index in [0.29, 0.717) is 6.07 Å². The summed E-state index contributed by atoms with van der Waals surface area (Å²) in [7, 11) is 1.33. The molecule has 1 aromatic carbocycles. The molecule has 0 aliphatic carbocycles. The molecular weight excluding hydrogens is 338 g/mol. The zero-order chi connectivity index (χ0) is 18.3. The summed E-state index contributed by atoms with van der Waals surface area (Å²) in [6.45, 7) is 0. The fourth-order valence-electron chi connectivity index (χ4n) is 2.42. The fourth-order valence-corrected chi connectivity index (χ4v) is 2.42. The van der Waals surface area contributed by atoms with Gasteiger partial charge in [-0.2, -0.15) is 0 Å². The first-order chi connectivity index (χ1) is 11.8. The number of hydrogen-bond donors (Lipinski definition) is 3. The molecule has 0 bridgehead atoms. The number of nitrogens with one attached hydrogen (secondary N) is 2. The third-order valence-electron chi connectivity index (χ3n) is 3.75. The largest absolute Gasteiger partial charge is 0.388 e. The van der Waals surface area contributed by atoms with Gasteiger partial charge in [0.15, 0.2) is 5.52 Å². The molecule has 10 heteroatoms. The Morgan fingerprint density at radius 1 is 1.20 bits per heavy atom. The maximum atomic E-state index is 13.7. The number of aromatic amines is 2. The van der Waals surface area contributed by atoms with Crippen LogP contribution in [0.25, 0.3) is 11.2 Å². The second-order valence-electron chi connectivity index (χ2n) is 5.41. The van der Waals surface area contributed by atoms with Gasteiger partial charge in [-0.1, -0.05) is 6.07 Å². The van der Waals surface area contributed by atoms with Crippen LogP contribution in [0.15, 0.2) is 32.6 Å². The third kappa shape index (κ3) is 2.98. The van der Waals surface area contributed by atoms with Crippen LogP contribution in [0.2, 0.25) is 0 Å². The maximum Gasteiger partial charge on any atom is 0.329 e. The predicted octanol–water partition coefficient (Wildman–Crippen LogP) is -0.136. The minimum atomic E-state index is -1.47. The van der Waals surface area contributed by atoms with Gasteiger partial charge in [-0.3, -0.25) is 19.1 Å². The van der Waals surface area contributed by atoms with E-state index in [2.05, 4.69) is 9.97 Å². The van der Waals surface area contributed by atoms with Crippen molar-refractivity contribution in [2.24, 2.45) is 7.05 Å². The molecule has 0 saturated carbocycles. The molecule has 1 atom stereocenters. The number of aromatic nitrogens is 4. The van der Waals surface area contributed by atoms with Crippen molar-refractivity contribution in [3.8, 4) is 0 Å². The second kappa shape index (κ2) is 6.06. The second-order valence-corrected chi connectivity index (χ2v) is 5.41. The van der Waals surface area contributed by atoms with E-state index in [0.717, 1.165) is 16.7 Å². The van der Waals surface area contributed by atoms with Gasteiger partial charge in [0.2, 0.25) is 0 Å². The average Bonchev–Trinajstić information content (AvgIpc) is 2.54. The van der Waals surface area contributed by atoms with Gasteiger partial charge in [0.05, 0.1) is 6.10 Å². The normalized spacial score (nSPS) is 12.5. The molecule has 3 N–H and O–H groups in total. The van der Waals surface area contributed by atoms with E-state index in [1.165, 1.54) is 7.05 Å². The number of hydrogen-bond acceptors (Lipinski definition) is 5. The summed E-state index contributed by atoms with van der Waals surface area (Å²) in [6.07, 6.45) is -1.88. The molecule has 130 valence electrons. The number of fused-ring (bicyclic) bond motifs is 1. The van der Waals surface area contributed by atoms with E-state index in [9.17, 15) is 28.3 Å². The van der Waals surface area contributed by atoms with E-state index in [4.69, 9.17) is 0 Å². The van der Waals surface area contributed by atoms with Crippen molar-refractivity contribution in [1.29, 1.82) is 0 Å². The van der Waals surface area contributed by atoms with E-state index in [-0.39, 0.29) is 22.4 Å². The highest BCUT2D eigenvalue weighted by atomic mass is 19.1. The molecule has 0 aliphatic rings. The molecule has 2 heterocycles. The summed E-state index contributed by atoms with van der Waals surface area (Å²) in [4.78, 5) is 43.7. The van der Waals surface area contributed by atoms with Crippen molar-refractivity contribution in [2.75, 3.05) is 0 Å². The van der Waals surface area contributed by atoms with Crippen LogP contribution in [-0.2, 0) is 13.5 Å². The number of halogens is 2. The zero-order valence-corrected chi connectivity index (χ0v) is 12.8. The number of benzene rings is 1. The van der Waals surface area contributed by atoms with Gasteiger partial charge in [0.1, 0.15) is 23.0 Å².